The van der Waals surface area contributed by atoms with Crippen LogP contribution in [0.15, 0.2) is 30.3 Å². The molecule has 0 aliphatic carbocycles. The third-order valence-corrected chi connectivity index (χ3v) is 4.97. The standard InChI is InChI=1S/C11H9IN2OS/c1-2-8-16-10(13-14(12)11(16)15)9-6-4-3-5-7-9/h1,3-7,13H,8H2. The summed E-state index contributed by atoms with van der Waals surface area (Å²) in [6.07, 6.45) is 5.30. The maximum absolute atomic E-state index is 11.8. The van der Waals surface area contributed by atoms with E-state index in [1.54, 1.807) is 0 Å². The Morgan fingerprint density at radius 1 is 1.44 bits per heavy atom. The van der Waals surface area contributed by atoms with Crippen LogP contribution in [-0.2, 0) is 0 Å². The second kappa shape index (κ2) is 4.99. The lowest BCUT2D eigenvalue weighted by Gasteiger charge is -2.06. The number of carbonyl (C=O) groups is 1. The number of terminal acetylenes is 1. The number of benzene rings is 1. The molecule has 82 valence electrons. The fourth-order valence-electron chi connectivity index (χ4n) is 1.39. The second-order valence-electron chi connectivity index (χ2n) is 3.09. The molecule has 1 amide bonds. The highest BCUT2D eigenvalue weighted by Gasteiger charge is 2.27. The van der Waals surface area contributed by atoms with Crippen LogP contribution in [0.5, 0.6) is 0 Å². The van der Waals surface area contributed by atoms with E-state index in [1.807, 2.05) is 53.2 Å². The molecule has 1 heterocycles. The number of amides is 1. The van der Waals surface area contributed by atoms with Crippen molar-refractivity contribution in [2.24, 2.45) is 0 Å². The summed E-state index contributed by atoms with van der Waals surface area (Å²) in [7, 11) is -0.542. The van der Waals surface area contributed by atoms with E-state index in [1.165, 1.54) is 3.22 Å². The Labute approximate surface area is 111 Å². The second-order valence-corrected chi connectivity index (χ2v) is 5.89. The Balaban J connectivity index is 2.45. The van der Waals surface area contributed by atoms with Gasteiger partial charge in [-0.1, -0.05) is 46.7 Å². The van der Waals surface area contributed by atoms with Gasteiger partial charge in [-0.15, -0.1) is 6.42 Å². The molecule has 0 saturated carbocycles. The van der Waals surface area contributed by atoms with Gasteiger partial charge in [0.1, 0.15) is 0 Å². The lowest BCUT2D eigenvalue weighted by molar-refractivity contribution is 0.249. The molecular weight excluding hydrogens is 335 g/mol. The lowest BCUT2D eigenvalue weighted by atomic mass is 10.2. The third kappa shape index (κ3) is 2.14. The van der Waals surface area contributed by atoms with Gasteiger partial charge in [0.15, 0.2) is 0 Å². The van der Waals surface area contributed by atoms with Crippen LogP contribution in [-0.4, -0.2) is 19.2 Å². The van der Waals surface area contributed by atoms with Gasteiger partial charge in [0.25, 0.3) is 0 Å². The molecule has 0 fully saturated rings. The quantitative estimate of drug-likeness (QED) is 0.387. The monoisotopic (exact) mass is 344 g/mol. The summed E-state index contributed by atoms with van der Waals surface area (Å²) in [5.74, 6) is 3.01. The highest BCUT2D eigenvalue weighted by molar-refractivity contribution is 14.1. The van der Waals surface area contributed by atoms with Crippen LogP contribution in [0, 0.1) is 12.3 Å². The Bertz CT molecular complexity index is 492. The van der Waals surface area contributed by atoms with Gasteiger partial charge in [0.2, 0.25) is 0 Å². The number of nitrogens with zero attached hydrogens (tertiary/aromatic N) is 1. The Kier molecular flexibility index (Phi) is 3.63. The van der Waals surface area contributed by atoms with Gasteiger partial charge in [0.05, 0.1) is 33.6 Å². The molecule has 0 aromatic heterocycles. The van der Waals surface area contributed by atoms with Crippen molar-refractivity contribution in [3.8, 4) is 12.3 Å². The lowest BCUT2D eigenvalue weighted by Crippen LogP contribution is -2.29. The van der Waals surface area contributed by atoms with Gasteiger partial charge in [-0.05, 0) is 0 Å². The fourth-order valence-corrected chi connectivity index (χ4v) is 3.98. The molecular formula is C11H9IN2OS. The first-order chi connectivity index (χ1) is 7.74. The van der Waals surface area contributed by atoms with Crippen LogP contribution >= 0.6 is 33.3 Å². The molecule has 16 heavy (non-hydrogen) atoms. The van der Waals surface area contributed by atoms with E-state index in [2.05, 4.69) is 11.3 Å². The predicted octanol–water partition coefficient (Wildman–Crippen LogP) is 2.36. The van der Waals surface area contributed by atoms with E-state index in [9.17, 15) is 4.79 Å². The van der Waals surface area contributed by atoms with Gasteiger partial charge in [-0.25, -0.2) is 3.22 Å². The number of hydrazine groups is 1. The maximum atomic E-state index is 11.8. The van der Waals surface area contributed by atoms with E-state index in [0.29, 0.717) is 5.75 Å². The molecule has 1 N–H and O–H groups in total. The predicted molar refractivity (Wildman–Crippen MR) is 76.2 cm³/mol. The first-order valence-corrected chi connectivity index (χ1v) is 6.93. The Hall–Kier alpha value is -0.840. The van der Waals surface area contributed by atoms with E-state index >= 15 is 0 Å². The summed E-state index contributed by atoms with van der Waals surface area (Å²) >= 11 is 1.95. The molecule has 3 nitrogen and oxygen atoms in total. The molecule has 0 spiro atoms. The van der Waals surface area contributed by atoms with E-state index in [-0.39, 0.29) is 5.24 Å². The molecule has 1 aromatic rings. The normalized spacial score (nSPS) is 20.0. The summed E-state index contributed by atoms with van der Waals surface area (Å²) in [6, 6.07) is 9.79. The minimum Gasteiger partial charge on any atom is -0.260 e. The zero-order valence-corrected chi connectivity index (χ0v) is 11.3. The minimum absolute atomic E-state index is 0.0393. The molecule has 1 aliphatic rings. The first-order valence-electron chi connectivity index (χ1n) is 4.57. The molecule has 0 radical (unpaired) electrons. The number of carbonyl (C=O) groups excluding carboxylic acids is 1. The van der Waals surface area contributed by atoms with Crippen molar-refractivity contribution >= 4 is 43.6 Å². The van der Waals surface area contributed by atoms with Crippen LogP contribution in [0.1, 0.15) is 5.56 Å². The summed E-state index contributed by atoms with van der Waals surface area (Å²) in [6.45, 7) is 0. The smallest absolute Gasteiger partial charge is 0.260 e. The average molecular weight is 344 g/mol. The molecule has 1 aromatic carbocycles. The largest absolute Gasteiger partial charge is 0.302 e. The highest BCUT2D eigenvalue weighted by Crippen LogP contribution is 2.28. The summed E-state index contributed by atoms with van der Waals surface area (Å²) < 4.78 is 1.47. The number of hydrogen-bond donors (Lipinski definition) is 1. The zero-order chi connectivity index (χ0) is 11.5. The summed E-state index contributed by atoms with van der Waals surface area (Å²) in [5.41, 5.74) is 4.08. The third-order valence-electron chi connectivity index (χ3n) is 2.08. The Morgan fingerprint density at radius 3 is 2.75 bits per heavy atom. The van der Waals surface area contributed by atoms with Gasteiger partial charge in [0, 0.05) is 5.56 Å². The van der Waals surface area contributed by atoms with E-state index in [0.717, 1.165) is 10.6 Å². The van der Waals surface area contributed by atoms with Crippen molar-refractivity contribution < 1.29 is 4.79 Å². The average Bonchev–Trinajstić information content (AvgIpc) is 2.59. The SMILES string of the molecule is C#CCS1=C(c2ccccc2)NN(I)C1=O. The fraction of sp³-hybridized carbons (Fsp3) is 0.0909. The highest BCUT2D eigenvalue weighted by atomic mass is 127. The summed E-state index contributed by atoms with van der Waals surface area (Å²) in [4.78, 5) is 12.7. The van der Waals surface area contributed by atoms with Crippen LogP contribution in [0.4, 0.5) is 4.79 Å². The number of halogens is 1. The molecule has 0 saturated heterocycles. The van der Waals surface area contributed by atoms with Crippen molar-refractivity contribution in [3.05, 3.63) is 35.9 Å². The topological polar surface area (TPSA) is 32.3 Å². The van der Waals surface area contributed by atoms with Crippen molar-refractivity contribution in [2.75, 3.05) is 5.75 Å². The zero-order valence-electron chi connectivity index (χ0n) is 8.31. The van der Waals surface area contributed by atoms with Gasteiger partial charge in [-0.2, -0.15) is 5.43 Å². The van der Waals surface area contributed by atoms with Crippen molar-refractivity contribution in [3.63, 3.8) is 0 Å². The molecule has 1 aliphatic heterocycles. The van der Waals surface area contributed by atoms with Crippen molar-refractivity contribution in [1.82, 2.24) is 8.65 Å². The summed E-state index contributed by atoms with van der Waals surface area (Å²) in [5, 5.41) is 0.0393. The van der Waals surface area contributed by atoms with Gasteiger partial charge >= 0.3 is 5.24 Å². The molecule has 1 atom stereocenters. The van der Waals surface area contributed by atoms with Crippen LogP contribution in [0.25, 0.3) is 0 Å². The van der Waals surface area contributed by atoms with Gasteiger partial charge in [-0.3, -0.25) is 4.79 Å². The van der Waals surface area contributed by atoms with Crippen LogP contribution in [0.3, 0.4) is 0 Å². The molecule has 2 rings (SSSR count). The van der Waals surface area contributed by atoms with E-state index < -0.39 is 10.5 Å². The molecule has 0 bridgehead atoms. The van der Waals surface area contributed by atoms with E-state index in [4.69, 9.17) is 6.42 Å². The minimum atomic E-state index is -0.542. The maximum Gasteiger partial charge on any atom is 0.302 e. The van der Waals surface area contributed by atoms with Crippen LogP contribution in [0.2, 0.25) is 0 Å². The number of nitrogens with one attached hydrogen (secondary N) is 1. The Morgan fingerprint density at radius 2 is 2.12 bits per heavy atom. The number of hydrogen-bond acceptors (Lipinski definition) is 2. The molecule has 1 unspecified atom stereocenters. The first kappa shape index (κ1) is 11.6. The van der Waals surface area contributed by atoms with Crippen LogP contribution < -0.4 is 5.43 Å². The molecule has 5 heteroatoms. The van der Waals surface area contributed by atoms with Crippen molar-refractivity contribution in [1.29, 1.82) is 0 Å². The van der Waals surface area contributed by atoms with Gasteiger partial charge < -0.3 is 0 Å². The number of rotatable bonds is 2. The van der Waals surface area contributed by atoms with Crippen molar-refractivity contribution in [2.45, 2.75) is 0 Å².